The van der Waals surface area contributed by atoms with Crippen LogP contribution in [-0.4, -0.2) is 34.5 Å². The molecular weight excluding hydrogens is 426 g/mol. The molecular formula is C28H25N3O3. The number of aryl methyl sites for hydroxylation is 1. The second-order valence-electron chi connectivity index (χ2n) is 8.86. The van der Waals surface area contributed by atoms with Crippen LogP contribution in [-0.2, 0) is 11.2 Å². The molecule has 0 unspecified atom stereocenters. The van der Waals surface area contributed by atoms with Crippen molar-refractivity contribution in [2.75, 3.05) is 11.5 Å². The van der Waals surface area contributed by atoms with Gasteiger partial charge in [-0.25, -0.2) is 9.69 Å². The number of imide groups is 1. The van der Waals surface area contributed by atoms with Crippen LogP contribution in [0.25, 0.3) is 10.9 Å². The topological polar surface area (TPSA) is 65.6 Å². The van der Waals surface area contributed by atoms with Gasteiger partial charge >= 0.3 is 6.03 Å². The van der Waals surface area contributed by atoms with Crippen LogP contribution in [0.2, 0.25) is 0 Å². The van der Waals surface area contributed by atoms with E-state index in [2.05, 4.69) is 17.1 Å². The van der Waals surface area contributed by atoms with E-state index < -0.39 is 6.04 Å². The minimum Gasteiger partial charge on any atom is -0.492 e. The van der Waals surface area contributed by atoms with Crippen molar-refractivity contribution in [1.29, 1.82) is 0 Å². The standard InChI is InChI=1S/C28H25N3O3/c1-3-34-24-14-7-6-13-22(24)31-27(32)23-16-20-19-11-4-5-12-21(19)29-25(20)26(30(23)28(31)33)18-10-8-9-17(2)15-18/h4-15,23,26,29H,3,16H2,1-2H3/t23-,26-/m0/s1. The molecule has 6 nitrogen and oxygen atoms in total. The van der Waals surface area contributed by atoms with Crippen molar-refractivity contribution in [2.24, 2.45) is 0 Å². The number of hydrogen-bond acceptors (Lipinski definition) is 3. The number of hydrogen-bond donors (Lipinski definition) is 1. The van der Waals surface area contributed by atoms with Gasteiger partial charge in [0.15, 0.2) is 0 Å². The predicted octanol–water partition coefficient (Wildman–Crippen LogP) is 5.36. The normalized spacial score (nSPS) is 19.5. The Hall–Kier alpha value is -4.06. The summed E-state index contributed by atoms with van der Waals surface area (Å²) in [6.45, 7) is 4.37. The summed E-state index contributed by atoms with van der Waals surface area (Å²) in [5, 5.41) is 1.10. The molecule has 0 spiro atoms. The largest absolute Gasteiger partial charge is 0.492 e. The molecule has 0 aliphatic carbocycles. The fraction of sp³-hybridized carbons (Fsp3) is 0.214. The number of urea groups is 1. The van der Waals surface area contributed by atoms with E-state index in [4.69, 9.17) is 4.74 Å². The number of rotatable bonds is 4. The van der Waals surface area contributed by atoms with Gasteiger partial charge in [-0.1, -0.05) is 60.2 Å². The zero-order valence-corrected chi connectivity index (χ0v) is 19.1. The highest BCUT2D eigenvalue weighted by atomic mass is 16.5. The Morgan fingerprint density at radius 3 is 2.62 bits per heavy atom. The monoisotopic (exact) mass is 451 g/mol. The number of carbonyl (C=O) groups excluding carboxylic acids is 2. The zero-order chi connectivity index (χ0) is 23.4. The van der Waals surface area contributed by atoms with Gasteiger partial charge in [0.1, 0.15) is 17.8 Å². The van der Waals surface area contributed by atoms with Crippen molar-refractivity contribution in [3.8, 4) is 5.75 Å². The first-order valence-corrected chi connectivity index (χ1v) is 11.6. The van der Waals surface area contributed by atoms with Crippen LogP contribution in [0, 0.1) is 6.92 Å². The summed E-state index contributed by atoms with van der Waals surface area (Å²) in [5.74, 6) is 0.313. The molecule has 0 radical (unpaired) electrons. The van der Waals surface area contributed by atoms with Crippen molar-refractivity contribution in [3.63, 3.8) is 0 Å². The fourth-order valence-electron chi connectivity index (χ4n) is 5.40. The molecule has 2 aliphatic rings. The minimum absolute atomic E-state index is 0.217. The highest BCUT2D eigenvalue weighted by molar-refractivity contribution is 6.22. The lowest BCUT2D eigenvalue weighted by molar-refractivity contribution is -0.120. The Kier molecular flexibility index (Phi) is 4.69. The van der Waals surface area contributed by atoms with Crippen molar-refractivity contribution >= 4 is 28.5 Å². The number of H-pyrrole nitrogens is 1. The SMILES string of the molecule is CCOc1ccccc1N1C(=O)[C@@H]2Cc3c([nH]c4ccccc34)[C@H](c3cccc(C)c3)N2C1=O. The highest BCUT2D eigenvalue weighted by Crippen LogP contribution is 2.46. The van der Waals surface area contributed by atoms with Gasteiger partial charge in [0.2, 0.25) is 0 Å². The average molecular weight is 452 g/mol. The van der Waals surface area contributed by atoms with E-state index in [0.717, 1.165) is 33.3 Å². The summed E-state index contributed by atoms with van der Waals surface area (Å²) in [6.07, 6.45) is 0.472. The van der Waals surface area contributed by atoms with Gasteiger partial charge in [-0.3, -0.25) is 9.69 Å². The van der Waals surface area contributed by atoms with Crippen molar-refractivity contribution in [3.05, 3.63) is 95.2 Å². The van der Waals surface area contributed by atoms with Crippen LogP contribution < -0.4 is 9.64 Å². The lowest BCUT2D eigenvalue weighted by Gasteiger charge is -2.36. The number of aromatic amines is 1. The third kappa shape index (κ3) is 2.95. The van der Waals surface area contributed by atoms with Gasteiger partial charge in [-0.15, -0.1) is 0 Å². The second kappa shape index (κ2) is 7.76. The molecule has 3 heterocycles. The number of aromatic nitrogens is 1. The number of nitrogens with zero attached hydrogens (tertiary/aromatic N) is 2. The molecule has 170 valence electrons. The Bertz CT molecular complexity index is 1440. The summed E-state index contributed by atoms with van der Waals surface area (Å²) >= 11 is 0. The molecule has 1 fully saturated rings. The van der Waals surface area contributed by atoms with Gasteiger partial charge < -0.3 is 9.72 Å². The minimum atomic E-state index is -0.584. The van der Waals surface area contributed by atoms with Gasteiger partial charge in [0, 0.05) is 23.0 Å². The fourth-order valence-corrected chi connectivity index (χ4v) is 5.40. The van der Waals surface area contributed by atoms with Crippen LogP contribution in [0.4, 0.5) is 10.5 Å². The zero-order valence-electron chi connectivity index (χ0n) is 19.1. The van der Waals surface area contributed by atoms with Crippen LogP contribution in [0.1, 0.15) is 35.3 Å². The van der Waals surface area contributed by atoms with Crippen LogP contribution in [0.5, 0.6) is 5.75 Å². The lowest BCUT2D eigenvalue weighted by atomic mass is 9.88. The first kappa shape index (κ1) is 20.5. The maximum Gasteiger partial charge on any atom is 0.333 e. The highest BCUT2D eigenvalue weighted by Gasteiger charge is 2.53. The Labute approximate surface area is 197 Å². The molecule has 4 aromatic rings. The van der Waals surface area contributed by atoms with Crippen LogP contribution in [0.3, 0.4) is 0 Å². The smallest absolute Gasteiger partial charge is 0.333 e. The first-order valence-electron chi connectivity index (χ1n) is 11.6. The summed E-state index contributed by atoms with van der Waals surface area (Å²) < 4.78 is 5.76. The van der Waals surface area contributed by atoms with E-state index in [1.165, 1.54) is 4.90 Å². The second-order valence-corrected chi connectivity index (χ2v) is 8.86. The third-order valence-electron chi connectivity index (χ3n) is 6.81. The quantitative estimate of drug-likeness (QED) is 0.425. The number of ether oxygens (including phenoxy) is 1. The number of anilines is 1. The average Bonchev–Trinajstić information content (AvgIpc) is 3.33. The molecule has 1 N–H and O–H groups in total. The van der Waals surface area contributed by atoms with Gasteiger partial charge in [-0.05, 0) is 43.2 Å². The van der Waals surface area contributed by atoms with E-state index in [1.807, 2.05) is 62.4 Å². The Morgan fingerprint density at radius 2 is 1.79 bits per heavy atom. The van der Waals surface area contributed by atoms with Gasteiger partial charge in [0.25, 0.3) is 5.91 Å². The summed E-state index contributed by atoms with van der Waals surface area (Å²) in [7, 11) is 0. The number of benzene rings is 3. The molecule has 1 aromatic heterocycles. The number of carbonyl (C=O) groups is 2. The van der Waals surface area contributed by atoms with Gasteiger partial charge in [-0.2, -0.15) is 0 Å². The van der Waals surface area contributed by atoms with E-state index in [-0.39, 0.29) is 18.0 Å². The Balaban J connectivity index is 1.54. The molecule has 3 amide bonds. The van der Waals surface area contributed by atoms with Crippen molar-refractivity contribution < 1.29 is 14.3 Å². The summed E-state index contributed by atoms with van der Waals surface area (Å²) in [6, 6.07) is 22.2. The third-order valence-corrected chi connectivity index (χ3v) is 6.81. The lowest BCUT2D eigenvalue weighted by Crippen LogP contribution is -2.44. The number of para-hydroxylation sites is 3. The summed E-state index contributed by atoms with van der Waals surface area (Å²) in [5.41, 5.74) is 5.68. The molecule has 1 saturated heterocycles. The molecule has 0 saturated carbocycles. The molecule has 6 rings (SSSR count). The number of amides is 3. The maximum atomic E-state index is 14.0. The van der Waals surface area contributed by atoms with Crippen molar-refractivity contribution in [1.82, 2.24) is 9.88 Å². The van der Waals surface area contributed by atoms with Crippen LogP contribution >= 0.6 is 0 Å². The number of nitrogens with one attached hydrogen (secondary N) is 1. The van der Waals surface area contributed by atoms with Crippen LogP contribution in [0.15, 0.2) is 72.8 Å². The molecule has 0 bridgehead atoms. The first-order chi connectivity index (χ1) is 16.6. The molecule has 3 aromatic carbocycles. The molecule has 6 heteroatoms. The van der Waals surface area contributed by atoms with E-state index in [1.54, 1.807) is 17.0 Å². The van der Waals surface area contributed by atoms with Crippen molar-refractivity contribution in [2.45, 2.75) is 32.4 Å². The molecule has 2 aliphatic heterocycles. The van der Waals surface area contributed by atoms with Gasteiger partial charge in [0.05, 0.1) is 12.3 Å². The van der Waals surface area contributed by atoms with E-state index in [0.29, 0.717) is 24.5 Å². The number of fused-ring (bicyclic) bond motifs is 4. The maximum absolute atomic E-state index is 14.0. The summed E-state index contributed by atoms with van der Waals surface area (Å²) in [4.78, 5) is 34.4. The Morgan fingerprint density at radius 1 is 1.00 bits per heavy atom. The van der Waals surface area contributed by atoms with E-state index in [9.17, 15) is 9.59 Å². The predicted molar refractivity (Wildman–Crippen MR) is 131 cm³/mol. The van der Waals surface area contributed by atoms with E-state index >= 15 is 0 Å². The molecule has 34 heavy (non-hydrogen) atoms. The molecule has 2 atom stereocenters.